The number of nitrogens with zero attached hydrogens (tertiary/aromatic N) is 1. The molecule has 1 heterocycles. The molecule has 1 amide bonds. The molecule has 7 heteroatoms. The Hall–Kier alpha value is -0.660. The van der Waals surface area contributed by atoms with E-state index in [1.54, 1.807) is 0 Å². The normalized spacial score (nSPS) is 22.9. The molecule has 1 aliphatic heterocycles. The number of nitrogens with one attached hydrogen (secondary N) is 1. The van der Waals surface area contributed by atoms with Crippen LogP contribution in [-0.4, -0.2) is 50.6 Å². The number of hydrogen-bond donors (Lipinski definition) is 2. The van der Waals surface area contributed by atoms with Gasteiger partial charge in [-0.3, -0.25) is 4.79 Å². The number of primary amides is 1. The minimum absolute atomic E-state index is 0.141. The minimum Gasteiger partial charge on any atom is -0.369 e. The molecule has 0 aliphatic carbocycles. The van der Waals surface area contributed by atoms with Gasteiger partial charge in [-0.15, -0.1) is 0 Å². The van der Waals surface area contributed by atoms with E-state index < -0.39 is 15.9 Å². The molecule has 6 nitrogen and oxygen atoms in total. The standard InChI is InChI=1S/C7H15N3O3S/c1-14(12,13)10(5-7(8)11)6-2-3-9-4-6/h6,9H,2-5H2,1H3,(H2,8,11). The molecule has 82 valence electrons. The first-order valence-corrected chi connectivity index (χ1v) is 6.22. The first-order valence-electron chi connectivity index (χ1n) is 4.37. The Morgan fingerprint density at radius 3 is 2.64 bits per heavy atom. The Kier molecular flexibility index (Phi) is 3.46. The molecule has 1 fully saturated rings. The summed E-state index contributed by atoms with van der Waals surface area (Å²) in [6, 6.07) is -0.141. The van der Waals surface area contributed by atoms with Crippen LogP contribution in [0, 0.1) is 0 Å². The quantitative estimate of drug-likeness (QED) is 0.579. The molecule has 0 radical (unpaired) electrons. The molecule has 1 rings (SSSR count). The van der Waals surface area contributed by atoms with Gasteiger partial charge in [-0.05, 0) is 13.0 Å². The molecule has 0 aromatic rings. The van der Waals surface area contributed by atoms with Crippen LogP contribution in [0.15, 0.2) is 0 Å². The molecule has 1 unspecified atom stereocenters. The summed E-state index contributed by atoms with van der Waals surface area (Å²) in [5.41, 5.74) is 4.99. The van der Waals surface area contributed by atoms with Crippen LogP contribution in [0.1, 0.15) is 6.42 Å². The van der Waals surface area contributed by atoms with E-state index in [1.807, 2.05) is 0 Å². The monoisotopic (exact) mass is 221 g/mol. The number of amides is 1. The highest BCUT2D eigenvalue weighted by Crippen LogP contribution is 2.11. The van der Waals surface area contributed by atoms with Crippen LogP contribution in [0.5, 0.6) is 0 Å². The maximum atomic E-state index is 11.3. The highest BCUT2D eigenvalue weighted by atomic mass is 32.2. The third-order valence-corrected chi connectivity index (χ3v) is 3.46. The predicted molar refractivity (Wildman–Crippen MR) is 52.0 cm³/mol. The van der Waals surface area contributed by atoms with Crippen molar-refractivity contribution in [1.82, 2.24) is 9.62 Å². The second kappa shape index (κ2) is 4.24. The third kappa shape index (κ3) is 2.93. The molecule has 1 atom stereocenters. The van der Waals surface area contributed by atoms with Gasteiger partial charge in [-0.1, -0.05) is 0 Å². The molecule has 0 aromatic heterocycles. The summed E-state index contributed by atoms with van der Waals surface area (Å²) in [4.78, 5) is 10.7. The van der Waals surface area contributed by atoms with E-state index in [-0.39, 0.29) is 12.6 Å². The van der Waals surface area contributed by atoms with Gasteiger partial charge in [0.05, 0.1) is 12.8 Å². The lowest BCUT2D eigenvalue weighted by atomic mass is 10.2. The van der Waals surface area contributed by atoms with Crippen molar-refractivity contribution in [3.63, 3.8) is 0 Å². The van der Waals surface area contributed by atoms with Gasteiger partial charge in [0.25, 0.3) is 0 Å². The van der Waals surface area contributed by atoms with Crippen molar-refractivity contribution in [2.45, 2.75) is 12.5 Å². The van der Waals surface area contributed by atoms with Crippen LogP contribution in [0.4, 0.5) is 0 Å². The lowest BCUT2D eigenvalue weighted by Gasteiger charge is -2.24. The van der Waals surface area contributed by atoms with Gasteiger partial charge in [0.15, 0.2) is 0 Å². The fraction of sp³-hybridized carbons (Fsp3) is 0.857. The molecule has 0 bridgehead atoms. The van der Waals surface area contributed by atoms with Gasteiger partial charge in [-0.25, -0.2) is 8.42 Å². The highest BCUT2D eigenvalue weighted by molar-refractivity contribution is 7.88. The van der Waals surface area contributed by atoms with Crippen LogP contribution in [0.3, 0.4) is 0 Å². The smallest absolute Gasteiger partial charge is 0.232 e. The average molecular weight is 221 g/mol. The Bertz CT molecular complexity index is 308. The van der Waals surface area contributed by atoms with Gasteiger partial charge in [-0.2, -0.15) is 4.31 Å². The second-order valence-electron chi connectivity index (χ2n) is 3.42. The number of sulfonamides is 1. The molecule has 0 aromatic carbocycles. The topological polar surface area (TPSA) is 92.5 Å². The van der Waals surface area contributed by atoms with E-state index >= 15 is 0 Å². The summed E-state index contributed by atoms with van der Waals surface area (Å²) in [5, 5.41) is 3.04. The van der Waals surface area contributed by atoms with Gasteiger partial charge < -0.3 is 11.1 Å². The summed E-state index contributed by atoms with van der Waals surface area (Å²) in [6.07, 6.45) is 1.81. The fourth-order valence-electron chi connectivity index (χ4n) is 1.56. The summed E-state index contributed by atoms with van der Waals surface area (Å²) in [6.45, 7) is 1.13. The number of hydrogen-bond acceptors (Lipinski definition) is 4. The van der Waals surface area contributed by atoms with E-state index in [2.05, 4.69) is 5.32 Å². The SMILES string of the molecule is CS(=O)(=O)N(CC(N)=O)C1CCNC1. The summed E-state index contributed by atoms with van der Waals surface area (Å²) in [5.74, 6) is -0.623. The van der Waals surface area contributed by atoms with Crippen molar-refractivity contribution in [1.29, 1.82) is 0 Å². The van der Waals surface area contributed by atoms with E-state index in [0.29, 0.717) is 6.54 Å². The lowest BCUT2D eigenvalue weighted by Crippen LogP contribution is -2.45. The minimum atomic E-state index is -3.35. The Morgan fingerprint density at radius 1 is 1.64 bits per heavy atom. The van der Waals surface area contributed by atoms with Gasteiger partial charge >= 0.3 is 0 Å². The van der Waals surface area contributed by atoms with Crippen molar-refractivity contribution in [2.24, 2.45) is 5.73 Å². The largest absolute Gasteiger partial charge is 0.369 e. The lowest BCUT2D eigenvalue weighted by molar-refractivity contribution is -0.118. The predicted octanol–water partition coefficient (Wildman–Crippen LogP) is -1.90. The number of nitrogens with two attached hydrogens (primary N) is 1. The van der Waals surface area contributed by atoms with Crippen LogP contribution in [0.2, 0.25) is 0 Å². The van der Waals surface area contributed by atoms with Crippen molar-refractivity contribution >= 4 is 15.9 Å². The van der Waals surface area contributed by atoms with Crippen molar-refractivity contribution < 1.29 is 13.2 Å². The molecular weight excluding hydrogens is 206 g/mol. The third-order valence-electron chi connectivity index (χ3n) is 2.18. The van der Waals surface area contributed by atoms with E-state index in [4.69, 9.17) is 5.73 Å². The number of rotatable bonds is 4. The van der Waals surface area contributed by atoms with Crippen LogP contribution in [0.25, 0.3) is 0 Å². The molecule has 0 spiro atoms. The zero-order valence-electron chi connectivity index (χ0n) is 8.06. The highest BCUT2D eigenvalue weighted by Gasteiger charge is 2.29. The van der Waals surface area contributed by atoms with Crippen LogP contribution < -0.4 is 11.1 Å². The van der Waals surface area contributed by atoms with Gasteiger partial charge in [0.2, 0.25) is 15.9 Å². The van der Waals surface area contributed by atoms with Crippen molar-refractivity contribution in [3.05, 3.63) is 0 Å². The first-order chi connectivity index (χ1) is 6.41. The van der Waals surface area contributed by atoms with Crippen LogP contribution in [-0.2, 0) is 14.8 Å². The molecule has 1 saturated heterocycles. The van der Waals surface area contributed by atoms with Crippen LogP contribution >= 0.6 is 0 Å². The second-order valence-corrected chi connectivity index (χ2v) is 5.36. The summed E-state index contributed by atoms with van der Waals surface area (Å²) in [7, 11) is -3.35. The molecular formula is C7H15N3O3S. The summed E-state index contributed by atoms with van der Waals surface area (Å²) < 4.78 is 23.9. The molecule has 3 N–H and O–H groups in total. The summed E-state index contributed by atoms with van der Waals surface area (Å²) >= 11 is 0. The zero-order chi connectivity index (χ0) is 10.8. The van der Waals surface area contributed by atoms with Gasteiger partial charge in [0, 0.05) is 12.6 Å². The van der Waals surface area contributed by atoms with E-state index in [0.717, 1.165) is 23.5 Å². The molecule has 0 saturated carbocycles. The Balaban J connectivity index is 2.75. The number of carbonyl (C=O) groups is 1. The van der Waals surface area contributed by atoms with E-state index in [9.17, 15) is 13.2 Å². The maximum Gasteiger partial charge on any atom is 0.232 e. The number of carbonyl (C=O) groups excluding carboxylic acids is 1. The van der Waals surface area contributed by atoms with Crippen molar-refractivity contribution in [2.75, 3.05) is 25.9 Å². The van der Waals surface area contributed by atoms with E-state index in [1.165, 1.54) is 0 Å². The Labute approximate surface area is 83.5 Å². The maximum absolute atomic E-state index is 11.3. The average Bonchev–Trinajstić information content (AvgIpc) is 2.49. The zero-order valence-corrected chi connectivity index (χ0v) is 8.88. The van der Waals surface area contributed by atoms with Crippen molar-refractivity contribution in [3.8, 4) is 0 Å². The van der Waals surface area contributed by atoms with Gasteiger partial charge in [0.1, 0.15) is 0 Å². The molecule has 1 aliphatic rings. The Morgan fingerprint density at radius 2 is 2.29 bits per heavy atom. The first kappa shape index (κ1) is 11.4. The molecule has 14 heavy (non-hydrogen) atoms. The fourth-order valence-corrected chi connectivity index (χ4v) is 2.64.